The van der Waals surface area contributed by atoms with Crippen molar-refractivity contribution in [1.29, 1.82) is 0 Å². The van der Waals surface area contributed by atoms with Crippen LogP contribution in [0.3, 0.4) is 0 Å². The van der Waals surface area contributed by atoms with Gasteiger partial charge in [-0.1, -0.05) is 71.5 Å². The lowest BCUT2D eigenvalue weighted by atomic mass is 9.95. The van der Waals surface area contributed by atoms with E-state index in [1.54, 1.807) is 32.1 Å². The number of aromatic nitrogens is 1. The predicted molar refractivity (Wildman–Crippen MR) is 171 cm³/mol. The quantitative estimate of drug-likeness (QED) is 0.205. The topological polar surface area (TPSA) is 88.4 Å². The van der Waals surface area contributed by atoms with Gasteiger partial charge in [0.25, 0.3) is 5.56 Å². The number of benzene rings is 3. The highest BCUT2D eigenvalue weighted by atomic mass is 35.5. The Labute approximate surface area is 264 Å². The molecule has 1 aliphatic rings. The molecule has 0 saturated carbocycles. The van der Waals surface area contributed by atoms with E-state index >= 15 is 0 Å². The van der Waals surface area contributed by atoms with Crippen molar-refractivity contribution in [3.8, 4) is 17.2 Å². The van der Waals surface area contributed by atoms with Gasteiger partial charge in [-0.25, -0.2) is 9.79 Å². The number of esters is 1. The minimum atomic E-state index is -0.797. The fourth-order valence-corrected chi connectivity index (χ4v) is 6.32. The summed E-state index contributed by atoms with van der Waals surface area (Å²) in [6.45, 7) is 7.84. The number of methoxy groups -OCH3 is 1. The van der Waals surface area contributed by atoms with Crippen LogP contribution in [0.5, 0.6) is 17.2 Å². The summed E-state index contributed by atoms with van der Waals surface area (Å²) in [6.07, 6.45) is 1.61. The summed E-state index contributed by atoms with van der Waals surface area (Å²) in [5, 5.41) is 0.345. The molecule has 5 rings (SSSR count). The van der Waals surface area contributed by atoms with Gasteiger partial charge in [0.2, 0.25) is 0 Å². The largest absolute Gasteiger partial charge is 0.493 e. The normalized spacial score (nSPS) is 14.7. The molecule has 0 unspecified atom stereocenters. The second-order valence-corrected chi connectivity index (χ2v) is 11.7. The van der Waals surface area contributed by atoms with E-state index in [1.165, 1.54) is 23.0 Å². The van der Waals surface area contributed by atoms with Crippen LogP contribution in [0.2, 0.25) is 5.02 Å². The van der Waals surface area contributed by atoms with Gasteiger partial charge in [-0.3, -0.25) is 9.36 Å². The first-order valence-corrected chi connectivity index (χ1v) is 15.4. The van der Waals surface area contributed by atoms with E-state index in [1.807, 2.05) is 68.4 Å². The van der Waals surface area contributed by atoms with Crippen molar-refractivity contribution in [3.05, 3.63) is 119 Å². The monoisotopic (exact) mass is 632 g/mol. The average molecular weight is 633 g/mol. The van der Waals surface area contributed by atoms with Crippen LogP contribution in [0, 0.1) is 0 Å². The maximum absolute atomic E-state index is 14.1. The van der Waals surface area contributed by atoms with Crippen molar-refractivity contribution in [2.45, 2.75) is 46.4 Å². The van der Waals surface area contributed by atoms with Crippen molar-refractivity contribution in [2.75, 3.05) is 13.7 Å². The zero-order chi connectivity index (χ0) is 31.4. The van der Waals surface area contributed by atoms with E-state index in [0.717, 1.165) is 5.56 Å². The van der Waals surface area contributed by atoms with Gasteiger partial charge in [0.05, 0.1) is 40.6 Å². The summed E-state index contributed by atoms with van der Waals surface area (Å²) in [5.74, 6) is 0.884. The maximum Gasteiger partial charge on any atom is 0.338 e. The molecule has 10 heteroatoms. The molecule has 0 N–H and O–H groups in total. The number of ether oxygens (including phenoxy) is 4. The molecule has 44 heavy (non-hydrogen) atoms. The second kappa shape index (κ2) is 13.5. The highest BCUT2D eigenvalue weighted by Crippen LogP contribution is 2.38. The van der Waals surface area contributed by atoms with Crippen molar-refractivity contribution in [2.24, 2.45) is 4.99 Å². The van der Waals surface area contributed by atoms with Gasteiger partial charge in [-0.15, -0.1) is 0 Å². The number of rotatable bonds is 10. The van der Waals surface area contributed by atoms with Crippen LogP contribution in [0.25, 0.3) is 6.08 Å². The molecule has 0 saturated heterocycles. The highest BCUT2D eigenvalue weighted by Gasteiger charge is 2.35. The minimum absolute atomic E-state index is 0.123. The number of hydrogen-bond acceptors (Lipinski definition) is 8. The van der Waals surface area contributed by atoms with Gasteiger partial charge >= 0.3 is 5.97 Å². The van der Waals surface area contributed by atoms with Crippen molar-refractivity contribution < 1.29 is 23.7 Å². The van der Waals surface area contributed by atoms with Crippen molar-refractivity contribution in [3.63, 3.8) is 0 Å². The summed E-state index contributed by atoms with van der Waals surface area (Å²) < 4.78 is 25.1. The van der Waals surface area contributed by atoms with E-state index in [2.05, 4.69) is 4.99 Å². The number of hydrogen-bond donors (Lipinski definition) is 0. The third-order valence-corrected chi connectivity index (χ3v) is 8.13. The SMILES string of the molecule is CCOC(=O)C1=C(C)N=c2s/c(=C/c3cc(Cl)c(OCc4ccccc4)c(OC)c3)c(=O)n2[C@H]1c1ccccc1OC(C)C. The summed E-state index contributed by atoms with van der Waals surface area (Å²) >= 11 is 7.88. The molecular weight excluding hydrogens is 600 g/mol. The first-order valence-electron chi connectivity index (χ1n) is 14.2. The molecule has 1 aliphatic heterocycles. The van der Waals surface area contributed by atoms with Crippen LogP contribution in [0.15, 0.2) is 87.8 Å². The Balaban J connectivity index is 1.62. The number of para-hydroxylation sites is 1. The summed E-state index contributed by atoms with van der Waals surface area (Å²) in [4.78, 5) is 32.5. The molecular formula is C34H33ClN2O6S. The number of nitrogens with zero attached hydrogens (tertiary/aromatic N) is 2. The fraction of sp³-hybridized carbons (Fsp3) is 0.265. The Kier molecular flexibility index (Phi) is 9.56. The molecule has 4 aromatic rings. The van der Waals surface area contributed by atoms with Crippen molar-refractivity contribution in [1.82, 2.24) is 4.57 Å². The van der Waals surface area contributed by atoms with Crippen LogP contribution >= 0.6 is 22.9 Å². The molecule has 0 spiro atoms. The van der Waals surface area contributed by atoms with Crippen LogP contribution in [-0.4, -0.2) is 30.4 Å². The molecule has 228 valence electrons. The van der Waals surface area contributed by atoms with Gasteiger partial charge in [-0.05, 0) is 63.1 Å². The number of allylic oxidation sites excluding steroid dienone is 1. The Morgan fingerprint density at radius 2 is 1.82 bits per heavy atom. The van der Waals surface area contributed by atoms with Crippen LogP contribution < -0.4 is 29.1 Å². The Morgan fingerprint density at radius 1 is 1.09 bits per heavy atom. The van der Waals surface area contributed by atoms with E-state index in [4.69, 9.17) is 30.5 Å². The number of carbonyl (C=O) groups excluding carboxylic acids is 1. The van der Waals surface area contributed by atoms with Crippen LogP contribution in [-0.2, 0) is 16.1 Å². The van der Waals surface area contributed by atoms with E-state index in [9.17, 15) is 9.59 Å². The van der Waals surface area contributed by atoms with E-state index < -0.39 is 12.0 Å². The van der Waals surface area contributed by atoms with Crippen molar-refractivity contribution >= 4 is 35.0 Å². The first-order chi connectivity index (χ1) is 21.2. The number of fused-ring (bicyclic) bond motifs is 1. The van der Waals surface area contributed by atoms with Gasteiger partial charge in [-0.2, -0.15) is 0 Å². The van der Waals surface area contributed by atoms with Gasteiger partial charge in [0.1, 0.15) is 18.4 Å². The zero-order valence-electron chi connectivity index (χ0n) is 25.1. The lowest BCUT2D eigenvalue weighted by Crippen LogP contribution is -2.40. The Hall–Kier alpha value is -4.34. The molecule has 0 amide bonds. The zero-order valence-corrected chi connectivity index (χ0v) is 26.7. The molecule has 0 aliphatic carbocycles. The maximum atomic E-state index is 14.1. The van der Waals surface area contributed by atoms with Crippen LogP contribution in [0.1, 0.15) is 50.4 Å². The molecule has 0 bridgehead atoms. The third-order valence-electron chi connectivity index (χ3n) is 6.87. The Bertz CT molecular complexity index is 1890. The third kappa shape index (κ3) is 6.44. The van der Waals surface area contributed by atoms with Gasteiger partial charge in [0.15, 0.2) is 16.3 Å². The van der Waals surface area contributed by atoms with E-state index in [0.29, 0.717) is 55.0 Å². The summed E-state index contributed by atoms with van der Waals surface area (Å²) in [6, 6.07) is 19.8. The lowest BCUT2D eigenvalue weighted by Gasteiger charge is -2.26. The standard InChI is InChI=1S/C34H33ClN2O6S/c1-6-41-33(39)29-21(4)36-34-37(30(29)24-14-10-11-15-26(24)43-20(2)3)32(38)28(44-34)18-23-16-25(35)31(27(17-23)40-5)42-19-22-12-8-7-9-13-22/h7-18,20,30H,6,19H2,1-5H3/b28-18+/t30-/m0/s1. The number of halogens is 1. The second-order valence-electron chi connectivity index (χ2n) is 10.3. The summed E-state index contributed by atoms with van der Waals surface area (Å²) in [5.41, 5.74) is 2.75. The van der Waals surface area contributed by atoms with Crippen LogP contribution in [0.4, 0.5) is 0 Å². The van der Waals surface area contributed by atoms with Gasteiger partial charge < -0.3 is 18.9 Å². The molecule has 8 nitrogen and oxygen atoms in total. The molecule has 1 aromatic heterocycles. The molecule has 0 radical (unpaired) electrons. The molecule has 1 atom stereocenters. The molecule has 0 fully saturated rings. The average Bonchev–Trinajstić information content (AvgIpc) is 3.30. The summed E-state index contributed by atoms with van der Waals surface area (Å²) in [7, 11) is 1.54. The first kappa shape index (κ1) is 31.1. The molecule has 3 aromatic carbocycles. The molecule has 2 heterocycles. The predicted octanol–water partition coefficient (Wildman–Crippen LogP) is 5.83. The Morgan fingerprint density at radius 3 is 2.52 bits per heavy atom. The fourth-order valence-electron chi connectivity index (χ4n) is 5.00. The number of thiazole rings is 1. The minimum Gasteiger partial charge on any atom is -0.493 e. The number of carbonyl (C=O) groups is 1. The highest BCUT2D eigenvalue weighted by molar-refractivity contribution is 7.07. The van der Waals surface area contributed by atoms with E-state index in [-0.39, 0.29) is 23.8 Å². The van der Waals surface area contributed by atoms with Gasteiger partial charge in [0, 0.05) is 5.56 Å². The smallest absolute Gasteiger partial charge is 0.338 e. The lowest BCUT2D eigenvalue weighted by molar-refractivity contribution is -0.139.